The van der Waals surface area contributed by atoms with Gasteiger partial charge in [-0.3, -0.25) is 4.79 Å². The first-order valence-electron chi connectivity index (χ1n) is 4.21. The number of carbonyl (C=O) groups excluding carboxylic acids is 1. The smallest absolute Gasteiger partial charge is 0.327 e. The van der Waals surface area contributed by atoms with Crippen LogP contribution >= 0.6 is 0 Å². The van der Waals surface area contributed by atoms with E-state index in [1.54, 1.807) is 0 Å². The van der Waals surface area contributed by atoms with Gasteiger partial charge in [-0.15, -0.1) is 0 Å². The van der Waals surface area contributed by atoms with E-state index in [0.29, 0.717) is 13.1 Å². The fraction of sp³-hybridized carbons (Fsp3) is 0.750. The molecule has 0 bridgehead atoms. The molecule has 1 aliphatic rings. The number of piperazine rings is 1. The average molecular weight is 186 g/mol. The van der Waals surface area contributed by atoms with Crippen LogP contribution in [0, 0.1) is 0 Å². The SMILES string of the molecule is CC(=O)N1CCN(C)C[C@H]1C(=O)O. The summed E-state index contributed by atoms with van der Waals surface area (Å²) in [5, 5.41) is 8.85. The first kappa shape index (κ1) is 9.98. The van der Waals surface area contributed by atoms with E-state index < -0.39 is 12.0 Å². The monoisotopic (exact) mass is 186 g/mol. The van der Waals surface area contributed by atoms with Crippen LogP contribution in [0.15, 0.2) is 0 Å². The third kappa shape index (κ3) is 2.18. The Morgan fingerprint density at radius 3 is 2.46 bits per heavy atom. The van der Waals surface area contributed by atoms with Crippen LogP contribution in [0.25, 0.3) is 0 Å². The molecule has 1 N–H and O–H groups in total. The van der Waals surface area contributed by atoms with Crippen LogP contribution in [0.3, 0.4) is 0 Å². The molecule has 0 spiro atoms. The Labute approximate surface area is 76.9 Å². The summed E-state index contributed by atoms with van der Waals surface area (Å²) in [5.41, 5.74) is 0. The minimum absolute atomic E-state index is 0.166. The van der Waals surface area contributed by atoms with Gasteiger partial charge < -0.3 is 14.9 Å². The Bertz CT molecular complexity index is 229. The molecule has 0 aliphatic carbocycles. The fourth-order valence-corrected chi connectivity index (χ4v) is 1.51. The normalized spacial score (nSPS) is 24.5. The number of carboxylic acids is 1. The second-order valence-corrected chi connectivity index (χ2v) is 3.33. The molecule has 1 atom stereocenters. The van der Waals surface area contributed by atoms with Crippen molar-refractivity contribution in [3.8, 4) is 0 Å². The highest BCUT2D eigenvalue weighted by atomic mass is 16.4. The third-order valence-electron chi connectivity index (χ3n) is 2.27. The summed E-state index contributed by atoms with van der Waals surface area (Å²) < 4.78 is 0. The number of likely N-dealkylation sites (N-methyl/N-ethyl adjacent to an activating group) is 1. The molecule has 74 valence electrons. The Balaban J connectivity index is 2.72. The van der Waals surface area contributed by atoms with Gasteiger partial charge >= 0.3 is 5.97 Å². The van der Waals surface area contributed by atoms with Crippen LogP contribution in [0.4, 0.5) is 0 Å². The summed E-state index contributed by atoms with van der Waals surface area (Å²) in [7, 11) is 1.85. The summed E-state index contributed by atoms with van der Waals surface area (Å²) in [5.74, 6) is -1.10. The van der Waals surface area contributed by atoms with E-state index in [9.17, 15) is 9.59 Å². The molecule has 0 aromatic rings. The van der Waals surface area contributed by atoms with Crippen molar-refractivity contribution in [1.29, 1.82) is 0 Å². The zero-order valence-electron chi connectivity index (χ0n) is 7.86. The summed E-state index contributed by atoms with van der Waals surface area (Å²) in [6, 6.07) is -0.684. The van der Waals surface area contributed by atoms with E-state index in [1.165, 1.54) is 11.8 Å². The minimum Gasteiger partial charge on any atom is -0.480 e. The van der Waals surface area contributed by atoms with Gasteiger partial charge in [-0.1, -0.05) is 0 Å². The molecule has 0 aromatic heterocycles. The maximum atomic E-state index is 11.1. The van der Waals surface area contributed by atoms with Crippen LogP contribution in [0.1, 0.15) is 6.92 Å². The Morgan fingerprint density at radius 2 is 2.00 bits per heavy atom. The molecule has 1 amide bonds. The van der Waals surface area contributed by atoms with Gasteiger partial charge in [0.25, 0.3) is 0 Å². The molecule has 1 aliphatic heterocycles. The quantitative estimate of drug-likeness (QED) is 0.584. The van der Waals surface area contributed by atoms with Gasteiger partial charge in [0, 0.05) is 26.6 Å². The molecule has 1 fully saturated rings. The van der Waals surface area contributed by atoms with Crippen molar-refractivity contribution < 1.29 is 14.7 Å². The van der Waals surface area contributed by atoms with Crippen molar-refractivity contribution in [1.82, 2.24) is 9.80 Å². The number of carbonyl (C=O) groups is 2. The highest BCUT2D eigenvalue weighted by molar-refractivity contribution is 5.82. The Morgan fingerprint density at radius 1 is 1.38 bits per heavy atom. The van der Waals surface area contributed by atoms with Crippen LogP contribution < -0.4 is 0 Å². The zero-order valence-corrected chi connectivity index (χ0v) is 7.86. The number of rotatable bonds is 1. The third-order valence-corrected chi connectivity index (χ3v) is 2.27. The predicted octanol–water partition coefficient (Wildman–Crippen LogP) is -0.766. The van der Waals surface area contributed by atoms with Gasteiger partial charge in [-0.2, -0.15) is 0 Å². The average Bonchev–Trinajstić information content (AvgIpc) is 2.03. The lowest BCUT2D eigenvalue weighted by Crippen LogP contribution is -2.56. The number of hydrogen-bond acceptors (Lipinski definition) is 3. The second kappa shape index (κ2) is 3.74. The number of hydrogen-bond donors (Lipinski definition) is 1. The molecule has 1 heterocycles. The maximum Gasteiger partial charge on any atom is 0.327 e. The molecule has 5 heteroatoms. The molecule has 0 saturated carbocycles. The van der Waals surface area contributed by atoms with E-state index in [1.807, 2.05) is 11.9 Å². The number of amides is 1. The van der Waals surface area contributed by atoms with E-state index in [4.69, 9.17) is 5.11 Å². The van der Waals surface area contributed by atoms with Crippen LogP contribution in [0.2, 0.25) is 0 Å². The van der Waals surface area contributed by atoms with Gasteiger partial charge in [-0.05, 0) is 7.05 Å². The van der Waals surface area contributed by atoms with Crippen molar-refractivity contribution in [3.63, 3.8) is 0 Å². The molecule has 1 saturated heterocycles. The van der Waals surface area contributed by atoms with Gasteiger partial charge in [0.05, 0.1) is 0 Å². The maximum absolute atomic E-state index is 11.1. The lowest BCUT2D eigenvalue weighted by molar-refractivity contribution is -0.152. The van der Waals surface area contributed by atoms with E-state index >= 15 is 0 Å². The molecule has 5 nitrogen and oxygen atoms in total. The van der Waals surface area contributed by atoms with Crippen molar-refractivity contribution in [2.24, 2.45) is 0 Å². The number of carboxylic acid groups (broad SMARTS) is 1. The summed E-state index contributed by atoms with van der Waals surface area (Å²) in [6.45, 7) is 3.06. The first-order valence-corrected chi connectivity index (χ1v) is 4.21. The van der Waals surface area contributed by atoms with Crippen LogP contribution in [-0.4, -0.2) is 59.5 Å². The van der Waals surface area contributed by atoms with Crippen molar-refractivity contribution in [2.75, 3.05) is 26.7 Å². The van der Waals surface area contributed by atoms with Crippen molar-refractivity contribution in [2.45, 2.75) is 13.0 Å². The molecule has 13 heavy (non-hydrogen) atoms. The summed E-state index contributed by atoms with van der Waals surface area (Å²) in [4.78, 5) is 25.2. The highest BCUT2D eigenvalue weighted by Gasteiger charge is 2.32. The fourth-order valence-electron chi connectivity index (χ4n) is 1.51. The largest absolute Gasteiger partial charge is 0.480 e. The zero-order chi connectivity index (χ0) is 10.0. The molecule has 0 aromatic carbocycles. The number of aliphatic carboxylic acids is 1. The molecular weight excluding hydrogens is 172 g/mol. The van der Waals surface area contributed by atoms with E-state index in [0.717, 1.165) is 6.54 Å². The Kier molecular flexibility index (Phi) is 2.87. The van der Waals surface area contributed by atoms with E-state index in [2.05, 4.69) is 0 Å². The first-order chi connectivity index (χ1) is 6.02. The van der Waals surface area contributed by atoms with Crippen LogP contribution in [0.5, 0.6) is 0 Å². The Hall–Kier alpha value is -1.10. The summed E-state index contributed by atoms with van der Waals surface area (Å²) in [6.07, 6.45) is 0. The summed E-state index contributed by atoms with van der Waals surface area (Å²) >= 11 is 0. The topological polar surface area (TPSA) is 60.9 Å². The molecule has 1 rings (SSSR count). The second-order valence-electron chi connectivity index (χ2n) is 3.33. The number of nitrogens with zero attached hydrogens (tertiary/aromatic N) is 2. The van der Waals surface area contributed by atoms with Crippen LogP contribution in [-0.2, 0) is 9.59 Å². The minimum atomic E-state index is -0.929. The lowest BCUT2D eigenvalue weighted by Gasteiger charge is -2.36. The van der Waals surface area contributed by atoms with Gasteiger partial charge in [0.15, 0.2) is 0 Å². The molecule has 0 unspecified atom stereocenters. The van der Waals surface area contributed by atoms with Gasteiger partial charge in [-0.25, -0.2) is 4.79 Å². The lowest BCUT2D eigenvalue weighted by atomic mass is 10.2. The molecular formula is C8H14N2O3. The van der Waals surface area contributed by atoms with Crippen molar-refractivity contribution in [3.05, 3.63) is 0 Å². The van der Waals surface area contributed by atoms with E-state index in [-0.39, 0.29) is 5.91 Å². The standard InChI is InChI=1S/C8H14N2O3/c1-6(11)10-4-3-9(2)5-7(10)8(12)13/h7H,3-5H2,1-2H3,(H,12,13)/t7-/m0/s1. The molecule has 0 radical (unpaired) electrons. The van der Waals surface area contributed by atoms with Gasteiger partial charge in [0.1, 0.15) is 6.04 Å². The van der Waals surface area contributed by atoms with Gasteiger partial charge in [0.2, 0.25) is 5.91 Å². The predicted molar refractivity (Wildman–Crippen MR) is 46.3 cm³/mol. The van der Waals surface area contributed by atoms with Crippen molar-refractivity contribution >= 4 is 11.9 Å². The highest BCUT2D eigenvalue weighted by Crippen LogP contribution is 2.08.